The average Bonchev–Trinajstić information content (AvgIpc) is 2.83. The highest BCUT2D eigenvalue weighted by atomic mass is 16.5. The van der Waals surface area contributed by atoms with Gasteiger partial charge in [0, 0.05) is 12.0 Å². The summed E-state index contributed by atoms with van der Waals surface area (Å²) in [6.45, 7) is 6.18. The van der Waals surface area contributed by atoms with Gasteiger partial charge in [-0.2, -0.15) is 0 Å². The van der Waals surface area contributed by atoms with Crippen LogP contribution in [0.4, 0.5) is 0 Å². The molecule has 16 heavy (non-hydrogen) atoms. The first kappa shape index (κ1) is 11.0. The van der Waals surface area contributed by atoms with Crippen LogP contribution >= 0.6 is 0 Å². The van der Waals surface area contributed by atoms with E-state index in [0.29, 0.717) is 0 Å². The Morgan fingerprint density at radius 1 is 1.38 bits per heavy atom. The van der Waals surface area contributed by atoms with E-state index in [1.54, 1.807) is 7.11 Å². The van der Waals surface area contributed by atoms with Crippen molar-refractivity contribution in [3.05, 3.63) is 29.8 Å². The van der Waals surface area contributed by atoms with Gasteiger partial charge in [0.15, 0.2) is 0 Å². The molecule has 0 atom stereocenters. The van der Waals surface area contributed by atoms with Gasteiger partial charge >= 0.3 is 0 Å². The number of rotatable bonds is 3. The Kier molecular flexibility index (Phi) is 2.86. The number of methoxy groups -OCH3 is 1. The minimum Gasteiger partial charge on any atom is -0.497 e. The van der Waals surface area contributed by atoms with Gasteiger partial charge in [0.1, 0.15) is 11.6 Å². The second-order valence-corrected chi connectivity index (χ2v) is 4.51. The Bertz CT molecular complexity index is 410. The Hall–Kier alpha value is -1.51. The third-order valence-corrected chi connectivity index (χ3v) is 3.06. The fourth-order valence-corrected chi connectivity index (χ4v) is 1.97. The summed E-state index contributed by atoms with van der Waals surface area (Å²) in [5.41, 5.74) is 1.14. The molecular formula is C13H18N2O. The number of nitrogens with one attached hydrogen (secondary N) is 1. The smallest absolute Gasteiger partial charge is 0.119 e. The first-order valence-electron chi connectivity index (χ1n) is 5.58. The zero-order chi connectivity index (χ0) is 11.6. The fraction of sp³-hybridized carbons (Fsp3) is 0.462. The van der Waals surface area contributed by atoms with Crippen molar-refractivity contribution in [1.29, 1.82) is 0 Å². The zero-order valence-electron chi connectivity index (χ0n) is 10.1. The number of amidine groups is 1. The molecule has 1 aromatic rings. The second-order valence-electron chi connectivity index (χ2n) is 4.51. The van der Waals surface area contributed by atoms with Crippen molar-refractivity contribution in [1.82, 2.24) is 5.32 Å². The summed E-state index contributed by atoms with van der Waals surface area (Å²) < 4.78 is 5.25. The normalized spacial score (nSPS) is 15.6. The topological polar surface area (TPSA) is 33.6 Å². The standard InChI is InChI=1S/C13H18N2O/c1-13(2,12-14-7-8-15-12)10-5-4-6-11(9-10)16-3/h4-6,9H,7-8H2,1-3H3,(H,14,15). The van der Waals surface area contributed by atoms with Crippen molar-refractivity contribution >= 4 is 5.84 Å². The number of benzene rings is 1. The summed E-state index contributed by atoms with van der Waals surface area (Å²) in [6.07, 6.45) is 0. The van der Waals surface area contributed by atoms with E-state index in [9.17, 15) is 0 Å². The van der Waals surface area contributed by atoms with E-state index in [1.165, 1.54) is 5.56 Å². The Balaban J connectivity index is 2.34. The molecule has 3 heteroatoms. The van der Waals surface area contributed by atoms with Crippen LogP contribution in [0.2, 0.25) is 0 Å². The highest BCUT2D eigenvalue weighted by Crippen LogP contribution is 2.27. The number of hydrogen-bond donors (Lipinski definition) is 1. The van der Waals surface area contributed by atoms with Crippen molar-refractivity contribution in [3.8, 4) is 5.75 Å². The molecule has 0 aromatic heterocycles. The monoisotopic (exact) mass is 218 g/mol. The first-order chi connectivity index (χ1) is 7.64. The van der Waals surface area contributed by atoms with E-state index in [2.05, 4.69) is 36.3 Å². The van der Waals surface area contributed by atoms with Crippen LogP contribution in [0.1, 0.15) is 19.4 Å². The molecule has 0 spiro atoms. The minimum atomic E-state index is -0.0783. The van der Waals surface area contributed by atoms with Crippen molar-refractivity contribution in [2.24, 2.45) is 4.99 Å². The number of nitrogens with zero attached hydrogens (tertiary/aromatic N) is 1. The maximum absolute atomic E-state index is 5.25. The lowest BCUT2D eigenvalue weighted by molar-refractivity contribution is 0.413. The van der Waals surface area contributed by atoms with Gasteiger partial charge in [-0.05, 0) is 31.5 Å². The fourth-order valence-electron chi connectivity index (χ4n) is 1.97. The zero-order valence-corrected chi connectivity index (χ0v) is 10.1. The summed E-state index contributed by atoms with van der Waals surface area (Å²) in [5.74, 6) is 1.96. The van der Waals surface area contributed by atoms with Crippen LogP contribution in [0.25, 0.3) is 0 Å². The molecule has 1 N–H and O–H groups in total. The van der Waals surface area contributed by atoms with E-state index in [0.717, 1.165) is 24.7 Å². The molecule has 0 bridgehead atoms. The third kappa shape index (κ3) is 1.90. The summed E-state index contributed by atoms with van der Waals surface area (Å²) in [4.78, 5) is 4.50. The molecule has 0 aliphatic carbocycles. The summed E-state index contributed by atoms with van der Waals surface area (Å²) in [5, 5.41) is 3.34. The third-order valence-electron chi connectivity index (χ3n) is 3.06. The summed E-state index contributed by atoms with van der Waals surface area (Å²) in [6, 6.07) is 8.17. The lowest BCUT2D eigenvalue weighted by Crippen LogP contribution is -2.37. The van der Waals surface area contributed by atoms with Gasteiger partial charge in [0.05, 0.1) is 13.7 Å². The lowest BCUT2D eigenvalue weighted by atomic mass is 9.83. The maximum Gasteiger partial charge on any atom is 0.119 e. The molecule has 3 nitrogen and oxygen atoms in total. The van der Waals surface area contributed by atoms with Gasteiger partial charge in [0.2, 0.25) is 0 Å². The molecule has 86 valence electrons. The molecule has 0 amide bonds. The summed E-state index contributed by atoms with van der Waals surface area (Å²) >= 11 is 0. The van der Waals surface area contributed by atoms with Crippen LogP contribution < -0.4 is 10.1 Å². The van der Waals surface area contributed by atoms with Crippen molar-refractivity contribution in [2.45, 2.75) is 19.3 Å². The van der Waals surface area contributed by atoms with Crippen molar-refractivity contribution in [2.75, 3.05) is 20.2 Å². The van der Waals surface area contributed by atoms with Crippen LogP contribution in [-0.4, -0.2) is 26.0 Å². The predicted octanol–water partition coefficient (Wildman–Crippen LogP) is 1.97. The highest BCUT2D eigenvalue weighted by molar-refractivity contribution is 5.93. The van der Waals surface area contributed by atoms with Gasteiger partial charge in [-0.3, -0.25) is 4.99 Å². The minimum absolute atomic E-state index is 0.0783. The van der Waals surface area contributed by atoms with Gasteiger partial charge in [-0.25, -0.2) is 0 Å². The van der Waals surface area contributed by atoms with E-state index in [4.69, 9.17) is 4.74 Å². The van der Waals surface area contributed by atoms with Crippen LogP contribution in [0, 0.1) is 0 Å². The Morgan fingerprint density at radius 2 is 2.19 bits per heavy atom. The molecule has 0 radical (unpaired) electrons. The molecule has 1 aliphatic rings. The summed E-state index contributed by atoms with van der Waals surface area (Å²) in [7, 11) is 1.69. The van der Waals surface area contributed by atoms with Crippen LogP contribution in [0.5, 0.6) is 5.75 Å². The number of hydrogen-bond acceptors (Lipinski definition) is 3. The molecule has 1 heterocycles. The van der Waals surface area contributed by atoms with Gasteiger partial charge in [0.25, 0.3) is 0 Å². The van der Waals surface area contributed by atoms with Crippen molar-refractivity contribution < 1.29 is 4.74 Å². The largest absolute Gasteiger partial charge is 0.497 e. The molecule has 0 saturated carbocycles. The van der Waals surface area contributed by atoms with Crippen molar-refractivity contribution in [3.63, 3.8) is 0 Å². The van der Waals surface area contributed by atoms with E-state index in [1.807, 2.05) is 12.1 Å². The Labute approximate surface area is 96.5 Å². The van der Waals surface area contributed by atoms with Gasteiger partial charge in [-0.1, -0.05) is 12.1 Å². The molecule has 0 unspecified atom stereocenters. The molecule has 2 rings (SSSR count). The average molecular weight is 218 g/mol. The molecule has 1 aliphatic heterocycles. The quantitative estimate of drug-likeness (QED) is 0.841. The molecule has 0 saturated heterocycles. The lowest BCUT2D eigenvalue weighted by Gasteiger charge is -2.26. The molecular weight excluding hydrogens is 200 g/mol. The predicted molar refractivity (Wildman–Crippen MR) is 66.3 cm³/mol. The van der Waals surface area contributed by atoms with Gasteiger partial charge in [-0.15, -0.1) is 0 Å². The molecule has 1 aromatic carbocycles. The first-order valence-corrected chi connectivity index (χ1v) is 5.58. The second kappa shape index (κ2) is 4.16. The SMILES string of the molecule is COc1cccc(C(C)(C)C2=NCCN2)c1. The molecule has 0 fully saturated rings. The van der Waals surface area contributed by atoms with Crippen LogP contribution in [0.15, 0.2) is 29.3 Å². The van der Waals surface area contributed by atoms with Crippen LogP contribution in [-0.2, 0) is 5.41 Å². The Morgan fingerprint density at radius 3 is 2.81 bits per heavy atom. The highest BCUT2D eigenvalue weighted by Gasteiger charge is 2.29. The number of ether oxygens (including phenoxy) is 1. The van der Waals surface area contributed by atoms with E-state index in [-0.39, 0.29) is 5.41 Å². The number of aliphatic imine (C=N–C) groups is 1. The van der Waals surface area contributed by atoms with Crippen LogP contribution in [0.3, 0.4) is 0 Å². The van der Waals surface area contributed by atoms with Gasteiger partial charge < -0.3 is 10.1 Å². The van der Waals surface area contributed by atoms with E-state index < -0.39 is 0 Å². The van der Waals surface area contributed by atoms with E-state index >= 15 is 0 Å². The maximum atomic E-state index is 5.25.